The molecular formula is C20H31N5O3S. The van der Waals surface area contributed by atoms with Gasteiger partial charge in [-0.3, -0.25) is 0 Å². The van der Waals surface area contributed by atoms with E-state index in [0.717, 1.165) is 36.4 Å². The van der Waals surface area contributed by atoms with Crippen LogP contribution in [-0.2, 0) is 23.1 Å². The van der Waals surface area contributed by atoms with Crippen LogP contribution in [0.1, 0.15) is 56.5 Å². The Hall–Kier alpha value is -2.39. The molecule has 0 aliphatic heterocycles. The molecule has 0 fully saturated rings. The van der Waals surface area contributed by atoms with E-state index in [9.17, 15) is 8.42 Å². The number of hydrogen-bond acceptors (Lipinski definition) is 5. The second-order valence-corrected chi connectivity index (χ2v) is 8.52. The summed E-state index contributed by atoms with van der Waals surface area (Å²) < 4.78 is 31.3. The zero-order valence-corrected chi connectivity index (χ0v) is 18.3. The molecule has 0 radical (unpaired) electrons. The van der Waals surface area contributed by atoms with E-state index >= 15 is 0 Å². The quantitative estimate of drug-likeness (QED) is 0.402. The Kier molecular flexibility index (Phi) is 8.66. The summed E-state index contributed by atoms with van der Waals surface area (Å²) in [4.78, 5) is 4.79. The van der Waals surface area contributed by atoms with Gasteiger partial charge in [0.1, 0.15) is 0 Å². The SMILES string of the molecule is CCNC(=NCc1ccc(S(=O)(=O)NC)cc1)NCc1cc(C(CC)CC)no1. The summed E-state index contributed by atoms with van der Waals surface area (Å²) >= 11 is 0. The van der Waals surface area contributed by atoms with Crippen molar-refractivity contribution >= 4 is 16.0 Å². The Morgan fingerprint density at radius 3 is 2.41 bits per heavy atom. The summed E-state index contributed by atoms with van der Waals surface area (Å²) in [7, 11) is -2.04. The van der Waals surface area contributed by atoms with Gasteiger partial charge in [-0.15, -0.1) is 0 Å². The van der Waals surface area contributed by atoms with Crippen molar-refractivity contribution < 1.29 is 12.9 Å². The largest absolute Gasteiger partial charge is 0.359 e. The standard InChI is InChI=1S/C20H31N5O3S/c1-5-16(6-2)19-12-17(28-25-19)14-24-20(22-7-3)23-13-15-8-10-18(11-9-15)29(26,27)21-4/h8-12,16,21H,5-7,13-14H2,1-4H3,(H2,22,23,24). The molecule has 29 heavy (non-hydrogen) atoms. The fourth-order valence-electron chi connectivity index (χ4n) is 2.89. The van der Waals surface area contributed by atoms with Crippen molar-refractivity contribution in [1.29, 1.82) is 0 Å². The van der Waals surface area contributed by atoms with Crippen molar-refractivity contribution in [2.45, 2.75) is 57.5 Å². The van der Waals surface area contributed by atoms with Gasteiger partial charge in [-0.05, 0) is 44.5 Å². The summed E-state index contributed by atoms with van der Waals surface area (Å²) in [6.45, 7) is 7.92. The molecule has 0 bridgehead atoms. The van der Waals surface area contributed by atoms with Crippen molar-refractivity contribution in [3.8, 4) is 0 Å². The van der Waals surface area contributed by atoms with Crippen LogP contribution in [0.15, 0.2) is 44.7 Å². The third-order valence-electron chi connectivity index (χ3n) is 4.68. The van der Waals surface area contributed by atoms with E-state index in [-0.39, 0.29) is 4.90 Å². The van der Waals surface area contributed by atoms with E-state index in [1.807, 2.05) is 13.0 Å². The number of guanidine groups is 1. The van der Waals surface area contributed by atoms with Crippen LogP contribution >= 0.6 is 0 Å². The number of aliphatic imine (C=N–C) groups is 1. The summed E-state index contributed by atoms with van der Waals surface area (Å²) in [5, 5.41) is 10.6. The number of aromatic nitrogens is 1. The lowest BCUT2D eigenvalue weighted by atomic mass is 9.99. The molecule has 0 aliphatic carbocycles. The van der Waals surface area contributed by atoms with E-state index in [2.05, 4.69) is 39.4 Å². The summed E-state index contributed by atoms with van der Waals surface area (Å²) in [5.41, 5.74) is 1.90. The smallest absolute Gasteiger partial charge is 0.240 e. The van der Waals surface area contributed by atoms with Crippen molar-refractivity contribution in [1.82, 2.24) is 20.5 Å². The number of hydrogen-bond donors (Lipinski definition) is 3. The molecule has 0 aliphatic rings. The highest BCUT2D eigenvalue weighted by molar-refractivity contribution is 7.89. The van der Waals surface area contributed by atoms with Crippen LogP contribution in [0.2, 0.25) is 0 Å². The highest BCUT2D eigenvalue weighted by Crippen LogP contribution is 2.22. The maximum atomic E-state index is 11.8. The van der Waals surface area contributed by atoms with Crippen molar-refractivity contribution in [3.05, 3.63) is 47.3 Å². The number of sulfonamides is 1. The topological polar surface area (TPSA) is 109 Å². The fourth-order valence-corrected chi connectivity index (χ4v) is 3.62. The van der Waals surface area contributed by atoms with Crippen molar-refractivity contribution in [2.24, 2.45) is 4.99 Å². The van der Waals surface area contributed by atoms with Gasteiger partial charge in [0.05, 0.1) is 23.7 Å². The van der Waals surface area contributed by atoms with Crippen LogP contribution in [0.5, 0.6) is 0 Å². The van der Waals surface area contributed by atoms with Crippen LogP contribution < -0.4 is 15.4 Å². The van der Waals surface area contributed by atoms with Gasteiger partial charge in [0.25, 0.3) is 0 Å². The zero-order valence-electron chi connectivity index (χ0n) is 17.5. The van der Waals surface area contributed by atoms with E-state index in [1.54, 1.807) is 24.3 Å². The molecule has 0 saturated heterocycles. The first-order valence-corrected chi connectivity index (χ1v) is 11.4. The Labute approximate surface area is 173 Å². The molecule has 160 valence electrons. The predicted molar refractivity (Wildman–Crippen MR) is 114 cm³/mol. The summed E-state index contributed by atoms with van der Waals surface area (Å²) in [6, 6.07) is 8.66. The summed E-state index contributed by atoms with van der Waals surface area (Å²) in [5.74, 6) is 1.84. The Morgan fingerprint density at radius 2 is 1.83 bits per heavy atom. The van der Waals surface area contributed by atoms with E-state index in [0.29, 0.717) is 25.0 Å². The van der Waals surface area contributed by atoms with Gasteiger partial charge in [0.2, 0.25) is 10.0 Å². The lowest BCUT2D eigenvalue weighted by Crippen LogP contribution is -2.36. The molecule has 2 aromatic rings. The predicted octanol–water partition coefficient (Wildman–Crippen LogP) is 2.74. The third kappa shape index (κ3) is 6.57. The number of nitrogens with zero attached hydrogens (tertiary/aromatic N) is 2. The van der Waals surface area contributed by atoms with Gasteiger partial charge in [-0.2, -0.15) is 0 Å². The first-order valence-electron chi connectivity index (χ1n) is 9.93. The first kappa shape index (κ1) is 22.9. The fraction of sp³-hybridized carbons (Fsp3) is 0.500. The van der Waals surface area contributed by atoms with Gasteiger partial charge in [0.15, 0.2) is 11.7 Å². The Balaban J connectivity index is 1.99. The Bertz CT molecular complexity index is 887. The monoisotopic (exact) mass is 421 g/mol. The molecule has 0 unspecified atom stereocenters. The molecule has 8 nitrogen and oxygen atoms in total. The van der Waals surface area contributed by atoms with Gasteiger partial charge >= 0.3 is 0 Å². The molecular weight excluding hydrogens is 390 g/mol. The average Bonchev–Trinajstić information content (AvgIpc) is 3.20. The van der Waals surface area contributed by atoms with Crippen molar-refractivity contribution in [3.63, 3.8) is 0 Å². The lowest BCUT2D eigenvalue weighted by Gasteiger charge is -2.10. The van der Waals surface area contributed by atoms with E-state index in [4.69, 9.17) is 4.52 Å². The minimum Gasteiger partial charge on any atom is -0.359 e. The van der Waals surface area contributed by atoms with Gasteiger partial charge in [-0.1, -0.05) is 31.1 Å². The van der Waals surface area contributed by atoms with Crippen LogP contribution in [0.3, 0.4) is 0 Å². The number of nitrogens with one attached hydrogen (secondary N) is 3. The summed E-state index contributed by atoms with van der Waals surface area (Å²) in [6.07, 6.45) is 2.07. The second kappa shape index (κ2) is 11.0. The normalized spacial score (nSPS) is 12.4. The van der Waals surface area contributed by atoms with Gasteiger partial charge in [0, 0.05) is 18.5 Å². The number of benzene rings is 1. The maximum Gasteiger partial charge on any atom is 0.240 e. The van der Waals surface area contributed by atoms with E-state index < -0.39 is 10.0 Å². The minimum atomic E-state index is -3.43. The first-order chi connectivity index (χ1) is 13.9. The van der Waals surface area contributed by atoms with Crippen LogP contribution in [0, 0.1) is 0 Å². The van der Waals surface area contributed by atoms with Crippen molar-refractivity contribution in [2.75, 3.05) is 13.6 Å². The van der Waals surface area contributed by atoms with Crippen LogP contribution in [0.25, 0.3) is 0 Å². The molecule has 1 aromatic carbocycles. The van der Waals surface area contributed by atoms with Gasteiger partial charge in [-0.25, -0.2) is 18.1 Å². The highest BCUT2D eigenvalue weighted by Gasteiger charge is 2.13. The maximum absolute atomic E-state index is 11.8. The molecule has 3 N–H and O–H groups in total. The van der Waals surface area contributed by atoms with Crippen LogP contribution in [0.4, 0.5) is 0 Å². The average molecular weight is 422 g/mol. The molecule has 2 rings (SSSR count). The van der Waals surface area contributed by atoms with Crippen LogP contribution in [-0.4, -0.2) is 33.1 Å². The number of rotatable bonds is 10. The molecule has 0 spiro atoms. The highest BCUT2D eigenvalue weighted by atomic mass is 32.2. The Morgan fingerprint density at radius 1 is 1.14 bits per heavy atom. The minimum absolute atomic E-state index is 0.233. The molecule has 1 aromatic heterocycles. The zero-order chi connectivity index (χ0) is 21.3. The molecule has 1 heterocycles. The van der Waals surface area contributed by atoms with E-state index in [1.165, 1.54) is 7.05 Å². The second-order valence-electron chi connectivity index (χ2n) is 6.63. The third-order valence-corrected chi connectivity index (χ3v) is 6.11. The van der Waals surface area contributed by atoms with Gasteiger partial charge < -0.3 is 15.2 Å². The molecule has 0 amide bonds. The molecule has 0 atom stereocenters. The molecule has 9 heteroatoms. The molecule has 0 saturated carbocycles. The lowest BCUT2D eigenvalue weighted by molar-refractivity contribution is 0.368.